The van der Waals surface area contributed by atoms with E-state index >= 15 is 0 Å². The highest BCUT2D eigenvalue weighted by Gasteiger charge is 2.30. The molecular weight excluding hydrogens is 1310 g/mol. The summed E-state index contributed by atoms with van der Waals surface area (Å²) in [5, 5.41) is 10.6. The summed E-state index contributed by atoms with van der Waals surface area (Å²) in [5.41, 5.74) is 0. The van der Waals surface area contributed by atoms with Crippen LogP contribution in [0.25, 0.3) is 0 Å². The Morgan fingerprint density at radius 2 is 0.580 bits per heavy atom. The van der Waals surface area contributed by atoms with Gasteiger partial charge in [0.05, 0.1) is 32.8 Å². The number of esters is 4. The minimum Gasteiger partial charge on any atom is -0.462 e. The fourth-order valence-corrected chi connectivity index (χ4v) is 10.5. The maximum atomic E-state index is 13.1. The van der Waals surface area contributed by atoms with Crippen LogP contribution in [0.3, 0.4) is 0 Å². The van der Waals surface area contributed by atoms with Gasteiger partial charge in [-0.1, -0.05) is 274 Å². The molecule has 0 aliphatic carbocycles. The van der Waals surface area contributed by atoms with Crippen molar-refractivity contribution >= 4 is 39.5 Å². The zero-order valence-corrected chi connectivity index (χ0v) is 63.1. The molecule has 5 unspecified atom stereocenters. The predicted molar refractivity (Wildman–Crippen MR) is 408 cm³/mol. The normalized spacial score (nSPS) is 15.0. The number of phosphoric ester groups is 2. The van der Waals surface area contributed by atoms with E-state index in [1.165, 1.54) is 38.5 Å². The number of carbonyl (C=O) groups is 4. The fraction of sp³-hybridized carbons (Fsp3) is 0.580. The summed E-state index contributed by atoms with van der Waals surface area (Å²) in [7, 11) is -10.0. The lowest BCUT2D eigenvalue weighted by Gasteiger charge is -2.21. The maximum Gasteiger partial charge on any atom is 0.472 e. The Labute approximate surface area is 603 Å². The van der Waals surface area contributed by atoms with Gasteiger partial charge in [0.2, 0.25) is 0 Å². The minimum absolute atomic E-state index is 0.00897. The first-order chi connectivity index (χ1) is 48.7. The van der Waals surface area contributed by atoms with Crippen LogP contribution >= 0.6 is 15.6 Å². The van der Waals surface area contributed by atoms with Crippen LogP contribution in [0.15, 0.2) is 182 Å². The SMILES string of the molecule is CC/C=C\C/C=C\C/C=C\C/C=C\C/C=C\C/C=C\CCC(=O)OCC(COP(=O)(O)OCC(O)COP(=O)(O)OCC(COC(=O)CCCC/C=C\C/C=C\C/C=C\C/C=C\CC)OC(=O)CCCCCCCCCCCCC)OC(=O)C/C=C\C/C=C\C/C=C\C/C=C\C/C=C\CC. The van der Waals surface area contributed by atoms with Gasteiger partial charge in [0.15, 0.2) is 12.2 Å². The number of carbonyl (C=O) groups excluding carboxylic acids is 4. The molecule has 0 aromatic heterocycles. The van der Waals surface area contributed by atoms with Gasteiger partial charge in [-0.25, -0.2) is 9.13 Å². The van der Waals surface area contributed by atoms with Crippen LogP contribution < -0.4 is 0 Å². The zero-order valence-electron chi connectivity index (χ0n) is 61.3. The van der Waals surface area contributed by atoms with E-state index in [4.69, 9.17) is 37.0 Å². The highest BCUT2D eigenvalue weighted by Crippen LogP contribution is 2.45. The van der Waals surface area contributed by atoms with Crippen molar-refractivity contribution in [2.45, 2.75) is 264 Å². The largest absolute Gasteiger partial charge is 0.472 e. The van der Waals surface area contributed by atoms with Crippen LogP contribution in [-0.4, -0.2) is 96.7 Å². The van der Waals surface area contributed by atoms with Crippen LogP contribution in [0, 0.1) is 0 Å². The Kier molecular flexibility index (Phi) is 67.4. The molecule has 0 saturated heterocycles. The first-order valence-corrected chi connectivity index (χ1v) is 40.0. The topological polar surface area (TPSA) is 237 Å². The van der Waals surface area contributed by atoms with Gasteiger partial charge in [-0.15, -0.1) is 0 Å². The number of hydrogen-bond donors (Lipinski definition) is 3. The predicted octanol–water partition coefficient (Wildman–Crippen LogP) is 21.2. The average Bonchev–Trinajstić information content (AvgIpc) is 0.985. The molecule has 19 heteroatoms. The molecule has 0 saturated carbocycles. The highest BCUT2D eigenvalue weighted by atomic mass is 31.2. The van der Waals surface area contributed by atoms with E-state index < -0.39 is 97.5 Å². The molecule has 0 aliphatic rings. The van der Waals surface area contributed by atoms with E-state index in [0.29, 0.717) is 32.1 Å². The Hall–Kier alpha value is -5.84. The maximum absolute atomic E-state index is 13.1. The van der Waals surface area contributed by atoms with Crippen molar-refractivity contribution < 1.29 is 80.2 Å². The van der Waals surface area contributed by atoms with Crippen molar-refractivity contribution in [2.75, 3.05) is 39.6 Å². The number of phosphoric acid groups is 2. The fourth-order valence-electron chi connectivity index (χ4n) is 8.90. The third kappa shape index (κ3) is 70.6. The standard InChI is InChI=1S/C81H128O17P2/c1-5-9-13-17-21-25-29-32-35-36-37-38-41-43-47-50-54-58-62-66-79(84)92-72-77(98-81(86)68-64-60-56-52-48-44-40-34-31-27-23-19-15-11-7-3)74-96-100(89,90)94-70-75(82)69-93-99(87,88)95-73-76(97-80(85)67-63-59-55-51-45-28-24-20-16-12-8-4)71-91-78(83)65-61-57-53-49-46-42-39-33-30-26-22-18-14-10-6-2/h9-11,13-15,21-23,25-27,32-35,37-40,43,46-49,52,54,58,60,64,75-77,82H,5-8,12,16-20,24,28-31,36,41-42,44-45,50-51,53,55-57,59,61-63,65-74H2,1-4H3,(H,87,88)(H,89,90)/b13-9-,14-10-,15-11-,25-21-,26-22-,27-23-,35-32-,38-37-,39-33-,40-34-,47-43-,49-46-,52-48-,58-54-,64-60-. The van der Waals surface area contributed by atoms with Gasteiger partial charge >= 0.3 is 39.5 Å². The summed E-state index contributed by atoms with van der Waals surface area (Å²) >= 11 is 0. The van der Waals surface area contributed by atoms with Crippen LogP contribution in [0.4, 0.5) is 0 Å². The molecular formula is C81H128O17P2. The van der Waals surface area contributed by atoms with E-state index in [1.54, 1.807) is 12.2 Å². The Balaban J connectivity index is 5.52. The smallest absolute Gasteiger partial charge is 0.462 e. The van der Waals surface area contributed by atoms with Gasteiger partial charge in [-0.2, -0.15) is 0 Å². The van der Waals surface area contributed by atoms with Gasteiger partial charge in [0, 0.05) is 19.3 Å². The monoisotopic (exact) mass is 1430 g/mol. The molecule has 0 bridgehead atoms. The van der Waals surface area contributed by atoms with Gasteiger partial charge in [0.25, 0.3) is 0 Å². The number of unbranched alkanes of at least 4 members (excludes halogenated alkanes) is 12. The molecule has 3 N–H and O–H groups in total. The first-order valence-electron chi connectivity index (χ1n) is 37.0. The van der Waals surface area contributed by atoms with Crippen LogP contribution in [0.1, 0.15) is 246 Å². The molecule has 0 aromatic rings. The van der Waals surface area contributed by atoms with E-state index in [0.717, 1.165) is 122 Å². The molecule has 0 amide bonds. The third-order valence-electron chi connectivity index (χ3n) is 14.4. The molecule has 100 heavy (non-hydrogen) atoms. The molecule has 0 spiro atoms. The summed E-state index contributed by atoms with van der Waals surface area (Å²) in [5.74, 6) is -2.49. The van der Waals surface area contributed by atoms with Crippen molar-refractivity contribution in [3.63, 3.8) is 0 Å². The molecule has 0 aromatic carbocycles. The van der Waals surface area contributed by atoms with Crippen LogP contribution in [0.2, 0.25) is 0 Å². The molecule has 17 nitrogen and oxygen atoms in total. The van der Waals surface area contributed by atoms with Crippen LogP contribution in [0.5, 0.6) is 0 Å². The number of aliphatic hydroxyl groups excluding tert-OH is 1. The lowest BCUT2D eigenvalue weighted by molar-refractivity contribution is -0.161. The van der Waals surface area contributed by atoms with E-state index in [2.05, 4.69) is 167 Å². The minimum atomic E-state index is -5.02. The van der Waals surface area contributed by atoms with Crippen molar-refractivity contribution in [3.05, 3.63) is 182 Å². The number of hydrogen-bond acceptors (Lipinski definition) is 15. The summed E-state index contributed by atoms with van der Waals surface area (Å²) in [6.45, 7) is 4.22. The van der Waals surface area contributed by atoms with Crippen molar-refractivity contribution in [2.24, 2.45) is 0 Å². The number of ether oxygens (including phenoxy) is 4. The second-order valence-electron chi connectivity index (χ2n) is 23.8. The van der Waals surface area contributed by atoms with Gasteiger partial charge in [-0.3, -0.25) is 37.3 Å². The van der Waals surface area contributed by atoms with Crippen molar-refractivity contribution in [1.82, 2.24) is 0 Å². The van der Waals surface area contributed by atoms with E-state index in [-0.39, 0.29) is 25.7 Å². The molecule has 0 fully saturated rings. The Morgan fingerprint density at radius 1 is 0.300 bits per heavy atom. The van der Waals surface area contributed by atoms with E-state index in [1.807, 2.05) is 30.4 Å². The second kappa shape index (κ2) is 71.6. The summed E-state index contributed by atoms with van der Waals surface area (Å²) < 4.78 is 68.1. The average molecular weight is 1440 g/mol. The summed E-state index contributed by atoms with van der Waals surface area (Å²) in [4.78, 5) is 72.6. The number of aliphatic hydroxyl groups is 1. The molecule has 0 heterocycles. The quantitative estimate of drug-likeness (QED) is 0.0169. The molecule has 5 atom stereocenters. The lowest BCUT2D eigenvalue weighted by Crippen LogP contribution is -2.30. The number of allylic oxidation sites excluding steroid dienone is 29. The van der Waals surface area contributed by atoms with Gasteiger partial charge < -0.3 is 33.8 Å². The lowest BCUT2D eigenvalue weighted by atomic mass is 10.1. The van der Waals surface area contributed by atoms with Crippen molar-refractivity contribution in [3.8, 4) is 0 Å². The molecule has 0 radical (unpaired) electrons. The Morgan fingerprint density at radius 3 is 0.950 bits per heavy atom. The first kappa shape index (κ1) is 94.2. The summed E-state index contributed by atoms with van der Waals surface area (Å²) in [6.07, 6.45) is 85.2. The van der Waals surface area contributed by atoms with Gasteiger partial charge in [0.1, 0.15) is 19.3 Å². The zero-order chi connectivity index (χ0) is 73.2. The van der Waals surface area contributed by atoms with Crippen molar-refractivity contribution in [1.29, 1.82) is 0 Å². The van der Waals surface area contributed by atoms with Gasteiger partial charge in [-0.05, 0) is 128 Å². The second-order valence-corrected chi connectivity index (χ2v) is 26.7. The Bertz CT molecular complexity index is 2620. The molecule has 0 rings (SSSR count). The van der Waals surface area contributed by atoms with E-state index in [9.17, 15) is 43.2 Å². The molecule has 0 aliphatic heterocycles. The highest BCUT2D eigenvalue weighted by molar-refractivity contribution is 7.47. The number of rotatable bonds is 67. The van der Waals surface area contributed by atoms with Crippen LogP contribution in [-0.2, 0) is 65.4 Å². The third-order valence-corrected chi connectivity index (χ3v) is 16.3. The molecule has 564 valence electrons. The summed E-state index contributed by atoms with van der Waals surface area (Å²) in [6, 6.07) is 0.